The highest BCUT2D eigenvalue weighted by atomic mass is 16.1. The topological polar surface area (TPSA) is 68.0 Å². The Bertz CT molecular complexity index is 323. The quantitative estimate of drug-likeness (QED) is 0.725. The standard InChI is InChI=1S/C9H13N3O/c1-3-11-7-4-5-12-8(6(7)2)9(10)13/h4-5H,3H2,1-2H3,(H2,10,13)(H,11,12). The molecule has 13 heavy (non-hydrogen) atoms. The summed E-state index contributed by atoms with van der Waals surface area (Å²) in [5, 5.41) is 3.12. The average Bonchev–Trinajstić information content (AvgIpc) is 2.08. The smallest absolute Gasteiger partial charge is 0.267 e. The Hall–Kier alpha value is -1.58. The second-order valence-electron chi connectivity index (χ2n) is 2.73. The fourth-order valence-electron chi connectivity index (χ4n) is 1.17. The average molecular weight is 179 g/mol. The van der Waals surface area contributed by atoms with E-state index in [1.54, 1.807) is 6.20 Å². The Balaban J connectivity index is 3.10. The fraction of sp³-hybridized carbons (Fsp3) is 0.333. The van der Waals surface area contributed by atoms with Crippen LogP contribution in [-0.4, -0.2) is 17.4 Å². The van der Waals surface area contributed by atoms with Crippen molar-refractivity contribution in [2.75, 3.05) is 11.9 Å². The van der Waals surface area contributed by atoms with Crippen LogP contribution < -0.4 is 11.1 Å². The van der Waals surface area contributed by atoms with Crippen LogP contribution in [0.4, 0.5) is 5.69 Å². The third kappa shape index (κ3) is 1.96. The van der Waals surface area contributed by atoms with Gasteiger partial charge in [0, 0.05) is 24.0 Å². The molecule has 0 radical (unpaired) electrons. The minimum atomic E-state index is -0.489. The largest absolute Gasteiger partial charge is 0.385 e. The van der Waals surface area contributed by atoms with E-state index in [-0.39, 0.29) is 0 Å². The van der Waals surface area contributed by atoms with Crippen LogP contribution in [0.1, 0.15) is 23.0 Å². The molecule has 0 aliphatic carbocycles. The molecule has 0 atom stereocenters. The van der Waals surface area contributed by atoms with Crippen LogP contribution in [0.25, 0.3) is 0 Å². The zero-order valence-corrected chi connectivity index (χ0v) is 7.79. The van der Waals surface area contributed by atoms with Crippen molar-refractivity contribution in [1.82, 2.24) is 4.98 Å². The molecule has 0 aromatic carbocycles. The molecular formula is C9H13N3O. The lowest BCUT2D eigenvalue weighted by Crippen LogP contribution is -2.15. The Morgan fingerprint density at radius 3 is 2.92 bits per heavy atom. The monoisotopic (exact) mass is 179 g/mol. The molecule has 0 unspecified atom stereocenters. The van der Waals surface area contributed by atoms with Gasteiger partial charge in [-0.1, -0.05) is 0 Å². The van der Waals surface area contributed by atoms with Gasteiger partial charge in [-0.05, 0) is 19.9 Å². The number of nitrogens with two attached hydrogens (primary N) is 1. The first-order chi connectivity index (χ1) is 6.16. The van der Waals surface area contributed by atoms with Crippen LogP contribution >= 0.6 is 0 Å². The third-order valence-corrected chi connectivity index (χ3v) is 1.80. The van der Waals surface area contributed by atoms with Crippen molar-refractivity contribution in [2.24, 2.45) is 5.73 Å². The lowest BCUT2D eigenvalue weighted by Gasteiger charge is -2.08. The van der Waals surface area contributed by atoms with Crippen molar-refractivity contribution in [3.05, 3.63) is 23.5 Å². The number of nitrogens with one attached hydrogen (secondary N) is 1. The molecule has 0 saturated carbocycles. The fourth-order valence-corrected chi connectivity index (χ4v) is 1.17. The van der Waals surface area contributed by atoms with Crippen LogP contribution in [0.2, 0.25) is 0 Å². The van der Waals surface area contributed by atoms with Crippen molar-refractivity contribution in [3.63, 3.8) is 0 Å². The molecule has 3 N–H and O–H groups in total. The van der Waals surface area contributed by atoms with E-state index in [9.17, 15) is 4.79 Å². The number of hydrogen-bond donors (Lipinski definition) is 2. The first-order valence-electron chi connectivity index (χ1n) is 4.16. The van der Waals surface area contributed by atoms with Crippen LogP contribution in [-0.2, 0) is 0 Å². The Morgan fingerprint density at radius 2 is 2.38 bits per heavy atom. The molecule has 1 aromatic rings. The third-order valence-electron chi connectivity index (χ3n) is 1.80. The van der Waals surface area contributed by atoms with Gasteiger partial charge in [-0.25, -0.2) is 0 Å². The van der Waals surface area contributed by atoms with Crippen LogP contribution in [0.5, 0.6) is 0 Å². The molecule has 1 amide bonds. The molecule has 70 valence electrons. The second kappa shape index (κ2) is 3.89. The van der Waals surface area contributed by atoms with Gasteiger partial charge in [-0.3, -0.25) is 9.78 Å². The van der Waals surface area contributed by atoms with E-state index in [4.69, 9.17) is 5.73 Å². The van der Waals surface area contributed by atoms with E-state index in [0.29, 0.717) is 5.69 Å². The number of amides is 1. The molecule has 0 aliphatic heterocycles. The molecule has 0 saturated heterocycles. The van der Waals surface area contributed by atoms with E-state index in [1.807, 2.05) is 19.9 Å². The first kappa shape index (κ1) is 9.51. The molecule has 0 bridgehead atoms. The number of rotatable bonds is 3. The van der Waals surface area contributed by atoms with E-state index in [1.165, 1.54) is 0 Å². The highest BCUT2D eigenvalue weighted by Crippen LogP contribution is 2.15. The number of aromatic nitrogens is 1. The van der Waals surface area contributed by atoms with Crippen LogP contribution in [0.15, 0.2) is 12.3 Å². The van der Waals surface area contributed by atoms with Crippen LogP contribution in [0, 0.1) is 6.92 Å². The Kier molecular flexibility index (Phi) is 2.84. The van der Waals surface area contributed by atoms with Crippen molar-refractivity contribution >= 4 is 11.6 Å². The maximum absolute atomic E-state index is 10.9. The van der Waals surface area contributed by atoms with Gasteiger partial charge in [-0.2, -0.15) is 0 Å². The van der Waals surface area contributed by atoms with Gasteiger partial charge in [0.25, 0.3) is 5.91 Å². The summed E-state index contributed by atoms with van der Waals surface area (Å²) in [6.45, 7) is 4.62. The molecular weight excluding hydrogens is 166 g/mol. The molecule has 1 heterocycles. The van der Waals surface area contributed by atoms with Gasteiger partial charge in [0.05, 0.1) is 0 Å². The lowest BCUT2D eigenvalue weighted by molar-refractivity contribution is 0.0995. The Labute approximate surface area is 77.2 Å². The van der Waals surface area contributed by atoms with E-state index in [0.717, 1.165) is 17.8 Å². The van der Waals surface area contributed by atoms with Gasteiger partial charge in [0.1, 0.15) is 5.69 Å². The number of primary amides is 1. The van der Waals surface area contributed by atoms with E-state index >= 15 is 0 Å². The highest BCUT2D eigenvalue weighted by Gasteiger charge is 2.08. The molecule has 0 aliphatic rings. The molecule has 0 fully saturated rings. The van der Waals surface area contributed by atoms with Gasteiger partial charge in [0.15, 0.2) is 0 Å². The summed E-state index contributed by atoms with van der Waals surface area (Å²) in [6.07, 6.45) is 1.57. The SMILES string of the molecule is CCNc1ccnc(C(N)=O)c1C. The molecule has 4 heteroatoms. The number of anilines is 1. The normalized spacial score (nSPS) is 9.69. The maximum atomic E-state index is 10.9. The number of carbonyl (C=O) groups excluding carboxylic acids is 1. The van der Waals surface area contributed by atoms with Gasteiger partial charge in [0.2, 0.25) is 0 Å². The van der Waals surface area contributed by atoms with E-state index < -0.39 is 5.91 Å². The van der Waals surface area contributed by atoms with Gasteiger partial charge < -0.3 is 11.1 Å². The summed E-state index contributed by atoms with van der Waals surface area (Å²) in [4.78, 5) is 14.8. The highest BCUT2D eigenvalue weighted by molar-refractivity contribution is 5.93. The summed E-state index contributed by atoms with van der Waals surface area (Å²) in [7, 11) is 0. The molecule has 0 spiro atoms. The zero-order valence-electron chi connectivity index (χ0n) is 7.79. The lowest BCUT2D eigenvalue weighted by atomic mass is 10.1. The van der Waals surface area contributed by atoms with Crippen LogP contribution in [0.3, 0.4) is 0 Å². The first-order valence-corrected chi connectivity index (χ1v) is 4.16. The van der Waals surface area contributed by atoms with E-state index in [2.05, 4.69) is 10.3 Å². The summed E-state index contributed by atoms with van der Waals surface area (Å²) >= 11 is 0. The molecule has 4 nitrogen and oxygen atoms in total. The minimum absolute atomic E-state index is 0.332. The predicted molar refractivity (Wildman–Crippen MR) is 51.7 cm³/mol. The Morgan fingerprint density at radius 1 is 1.69 bits per heavy atom. The van der Waals surface area contributed by atoms with Crippen molar-refractivity contribution in [2.45, 2.75) is 13.8 Å². The molecule has 1 aromatic heterocycles. The summed E-state index contributed by atoms with van der Waals surface area (Å²) in [5.74, 6) is -0.489. The summed E-state index contributed by atoms with van der Waals surface area (Å²) in [6, 6.07) is 1.82. The number of carbonyl (C=O) groups is 1. The summed E-state index contributed by atoms with van der Waals surface area (Å²) in [5.41, 5.74) is 7.19. The molecule has 1 rings (SSSR count). The number of pyridine rings is 1. The predicted octanol–water partition coefficient (Wildman–Crippen LogP) is 0.921. The van der Waals surface area contributed by atoms with Gasteiger partial charge >= 0.3 is 0 Å². The second-order valence-corrected chi connectivity index (χ2v) is 2.73. The zero-order chi connectivity index (χ0) is 9.84. The maximum Gasteiger partial charge on any atom is 0.267 e. The van der Waals surface area contributed by atoms with Crippen molar-refractivity contribution in [1.29, 1.82) is 0 Å². The number of nitrogens with zero attached hydrogens (tertiary/aromatic N) is 1. The minimum Gasteiger partial charge on any atom is -0.385 e. The number of hydrogen-bond acceptors (Lipinski definition) is 3. The van der Waals surface area contributed by atoms with Crippen molar-refractivity contribution < 1.29 is 4.79 Å². The van der Waals surface area contributed by atoms with Crippen molar-refractivity contribution in [3.8, 4) is 0 Å². The summed E-state index contributed by atoms with van der Waals surface area (Å²) < 4.78 is 0. The van der Waals surface area contributed by atoms with Gasteiger partial charge in [-0.15, -0.1) is 0 Å².